The van der Waals surface area contributed by atoms with Gasteiger partial charge in [0.1, 0.15) is 11.5 Å². The lowest BCUT2D eigenvalue weighted by atomic mass is 9.86. The topological polar surface area (TPSA) is 30.9 Å². The maximum absolute atomic E-state index is 12.1. The van der Waals surface area contributed by atoms with Gasteiger partial charge in [0.25, 0.3) is 0 Å². The van der Waals surface area contributed by atoms with Crippen LogP contribution < -0.4 is 9.47 Å². The van der Waals surface area contributed by atoms with Gasteiger partial charge in [-0.3, -0.25) is 0 Å². The fraction of sp³-hybridized carbons (Fsp3) is 0.478. The number of rotatable bonds is 6. The number of hydrogen-bond donors (Lipinski definition) is 0. The molecule has 4 nitrogen and oxygen atoms in total. The van der Waals surface area contributed by atoms with E-state index < -0.39 is 12.7 Å². The van der Waals surface area contributed by atoms with Crippen LogP contribution >= 0.6 is 15.9 Å². The molecule has 2 bridgehead atoms. The van der Waals surface area contributed by atoms with Crippen LogP contribution in [-0.4, -0.2) is 43.4 Å². The molecule has 0 amide bonds. The smallest absolute Gasteiger partial charge is 0.406 e. The van der Waals surface area contributed by atoms with Crippen LogP contribution in [0.5, 0.6) is 11.5 Å². The van der Waals surface area contributed by atoms with Gasteiger partial charge in [0.15, 0.2) is 0 Å². The molecular weight excluding hydrogens is 532 g/mol. The Morgan fingerprint density at radius 2 is 1.24 bits per heavy atom. The number of piperidine rings is 3. The van der Waals surface area contributed by atoms with Crippen molar-refractivity contribution in [3.8, 4) is 11.5 Å². The summed E-state index contributed by atoms with van der Waals surface area (Å²) in [5.41, 5.74) is 1.76. The molecule has 3 saturated heterocycles. The Balaban J connectivity index is 0.000000215. The summed E-state index contributed by atoms with van der Waals surface area (Å²) in [6.07, 6.45) is -6.64. The second kappa shape index (κ2) is 11.6. The Bertz CT molecular complexity index is 882. The number of alkyl halides is 7. The summed E-state index contributed by atoms with van der Waals surface area (Å²) in [5.74, 6) is 0.231. The van der Waals surface area contributed by atoms with Gasteiger partial charge in [-0.2, -0.15) is 0 Å². The lowest BCUT2D eigenvalue weighted by Crippen LogP contribution is -2.51. The molecule has 5 rings (SSSR count). The quantitative estimate of drug-likeness (QED) is 0.294. The van der Waals surface area contributed by atoms with Gasteiger partial charge in [-0.1, -0.05) is 40.2 Å². The number of fused-ring (bicyclic) bond motifs is 3. The first-order valence-electron chi connectivity index (χ1n) is 10.6. The zero-order valence-electron chi connectivity index (χ0n) is 18.0. The van der Waals surface area contributed by atoms with Gasteiger partial charge in [0, 0.05) is 11.9 Å². The maximum Gasteiger partial charge on any atom is 0.573 e. The Hall–Kier alpha value is -1.98. The summed E-state index contributed by atoms with van der Waals surface area (Å²) in [5, 5.41) is 0.610. The summed E-state index contributed by atoms with van der Waals surface area (Å²) < 4.78 is 84.7. The van der Waals surface area contributed by atoms with Gasteiger partial charge in [-0.05, 0) is 67.2 Å². The van der Waals surface area contributed by atoms with Crippen LogP contribution in [0.2, 0.25) is 0 Å². The van der Waals surface area contributed by atoms with Crippen LogP contribution in [0.15, 0.2) is 48.5 Å². The molecule has 3 aliphatic rings. The maximum atomic E-state index is 12.1. The third kappa shape index (κ3) is 8.99. The van der Waals surface area contributed by atoms with Gasteiger partial charge in [-0.25, -0.2) is 0 Å². The zero-order chi connectivity index (χ0) is 24.8. The van der Waals surface area contributed by atoms with Crippen molar-refractivity contribution >= 4 is 15.9 Å². The molecule has 3 fully saturated rings. The van der Waals surface area contributed by atoms with Gasteiger partial charge < -0.3 is 19.1 Å². The van der Waals surface area contributed by atoms with Crippen LogP contribution in [0, 0.1) is 5.92 Å². The Morgan fingerprint density at radius 1 is 0.765 bits per heavy atom. The molecule has 3 aliphatic heterocycles. The number of halogens is 7. The van der Waals surface area contributed by atoms with E-state index in [0.29, 0.717) is 17.9 Å². The highest BCUT2D eigenvalue weighted by Crippen LogP contribution is 2.30. The lowest BCUT2D eigenvalue weighted by Gasteiger charge is -2.44. The van der Waals surface area contributed by atoms with Crippen molar-refractivity contribution in [2.75, 3.05) is 19.6 Å². The van der Waals surface area contributed by atoms with Crippen LogP contribution in [0.3, 0.4) is 0 Å². The van der Waals surface area contributed by atoms with Crippen LogP contribution in [0.4, 0.5) is 26.3 Å². The van der Waals surface area contributed by atoms with Gasteiger partial charge >= 0.3 is 12.7 Å². The van der Waals surface area contributed by atoms with E-state index >= 15 is 0 Å². The first-order chi connectivity index (χ1) is 16.0. The average molecular weight is 556 g/mol. The standard InChI is InChI=1S/C15H18F3NO2.C8H6BrF3O/c16-15(17,18)21-13-3-1-11(2-4-13)10-20-14-9-19-7-5-12(14)6-8-19;9-5-6-1-3-7(4-2-6)13-8(10,11)12/h1-4,12,14H,5-10H2;1-4H,5H2/t14-;/m0./s1. The SMILES string of the molecule is FC(F)(F)Oc1ccc(CBr)cc1.FC(F)(F)Oc1ccc(CO[C@H]2CN3CCC2CC3)cc1. The monoisotopic (exact) mass is 555 g/mol. The number of nitrogens with zero attached hydrogens (tertiary/aromatic N) is 1. The largest absolute Gasteiger partial charge is 0.573 e. The van der Waals surface area contributed by atoms with E-state index in [4.69, 9.17) is 4.74 Å². The number of hydrogen-bond acceptors (Lipinski definition) is 4. The predicted octanol–water partition coefficient (Wildman–Crippen LogP) is 6.68. The van der Waals surface area contributed by atoms with Crippen molar-refractivity contribution in [3.05, 3.63) is 59.7 Å². The Kier molecular flexibility index (Phi) is 9.11. The molecule has 0 spiro atoms. The summed E-state index contributed by atoms with van der Waals surface area (Å²) >= 11 is 3.18. The van der Waals surface area contributed by atoms with E-state index in [1.807, 2.05) is 0 Å². The van der Waals surface area contributed by atoms with E-state index in [2.05, 4.69) is 30.3 Å². The van der Waals surface area contributed by atoms with Crippen molar-refractivity contribution < 1.29 is 40.6 Å². The minimum absolute atomic E-state index is 0.197. The molecule has 0 aromatic heterocycles. The molecule has 3 heterocycles. The molecule has 0 saturated carbocycles. The molecule has 1 atom stereocenters. The predicted molar refractivity (Wildman–Crippen MR) is 117 cm³/mol. The molecule has 2 aromatic rings. The highest BCUT2D eigenvalue weighted by atomic mass is 79.9. The first kappa shape index (κ1) is 26.6. The van der Waals surface area contributed by atoms with Crippen molar-refractivity contribution in [2.24, 2.45) is 5.92 Å². The van der Waals surface area contributed by atoms with Crippen molar-refractivity contribution in [2.45, 2.75) is 43.6 Å². The van der Waals surface area contributed by atoms with Crippen molar-refractivity contribution in [3.63, 3.8) is 0 Å². The second-order valence-corrected chi connectivity index (χ2v) is 8.57. The van der Waals surface area contributed by atoms with E-state index in [0.717, 1.165) is 30.8 Å². The fourth-order valence-electron chi connectivity index (χ4n) is 3.87. The third-order valence-electron chi connectivity index (χ3n) is 5.53. The molecule has 188 valence electrons. The van der Waals surface area contributed by atoms with Crippen LogP contribution in [0.1, 0.15) is 24.0 Å². The Morgan fingerprint density at radius 3 is 1.62 bits per heavy atom. The molecule has 2 aromatic carbocycles. The molecular formula is C23H24BrF6NO3. The van der Waals surface area contributed by atoms with Crippen molar-refractivity contribution in [1.82, 2.24) is 4.90 Å². The van der Waals surface area contributed by atoms with E-state index in [1.165, 1.54) is 37.1 Å². The third-order valence-corrected chi connectivity index (χ3v) is 6.18. The van der Waals surface area contributed by atoms with Crippen molar-refractivity contribution in [1.29, 1.82) is 0 Å². The van der Waals surface area contributed by atoms with Gasteiger partial charge in [-0.15, -0.1) is 26.3 Å². The Labute approximate surface area is 201 Å². The molecule has 0 unspecified atom stereocenters. The molecule has 11 heteroatoms. The van der Waals surface area contributed by atoms with E-state index in [9.17, 15) is 26.3 Å². The normalized spacial score (nSPS) is 22.0. The van der Waals surface area contributed by atoms with Crippen LogP contribution in [-0.2, 0) is 16.7 Å². The molecule has 0 aliphatic carbocycles. The summed E-state index contributed by atoms with van der Waals surface area (Å²) in [6.45, 7) is 3.73. The van der Waals surface area contributed by atoms with Crippen LogP contribution in [0.25, 0.3) is 0 Å². The minimum atomic E-state index is -4.65. The van der Waals surface area contributed by atoms with E-state index in [1.54, 1.807) is 24.3 Å². The van der Waals surface area contributed by atoms with Gasteiger partial charge in [0.05, 0.1) is 12.7 Å². The number of ether oxygens (including phenoxy) is 3. The molecule has 0 radical (unpaired) electrons. The molecule has 34 heavy (non-hydrogen) atoms. The van der Waals surface area contributed by atoms with Gasteiger partial charge in [0.2, 0.25) is 0 Å². The fourth-order valence-corrected chi connectivity index (χ4v) is 4.24. The number of benzene rings is 2. The van der Waals surface area contributed by atoms with E-state index in [-0.39, 0.29) is 17.6 Å². The first-order valence-corrected chi connectivity index (χ1v) is 11.7. The zero-order valence-corrected chi connectivity index (χ0v) is 19.6. The summed E-state index contributed by atoms with van der Waals surface area (Å²) in [4.78, 5) is 2.41. The minimum Gasteiger partial charge on any atom is -0.406 e. The highest BCUT2D eigenvalue weighted by molar-refractivity contribution is 9.08. The lowest BCUT2D eigenvalue weighted by molar-refractivity contribution is -0.275. The summed E-state index contributed by atoms with van der Waals surface area (Å²) in [7, 11) is 0. The average Bonchev–Trinajstić information content (AvgIpc) is 2.78. The molecule has 0 N–H and O–H groups in total. The second-order valence-electron chi connectivity index (χ2n) is 8.00. The summed E-state index contributed by atoms with van der Waals surface area (Å²) in [6, 6.07) is 11.6. The highest BCUT2D eigenvalue weighted by Gasteiger charge is 2.35.